The van der Waals surface area contributed by atoms with E-state index in [9.17, 15) is 9.59 Å². The summed E-state index contributed by atoms with van der Waals surface area (Å²) in [6.45, 7) is 6.97. The molecule has 0 saturated heterocycles. The molecule has 1 amide bonds. The largest absolute Gasteiger partial charge is 0.486 e. The molecule has 5 rings (SSSR count). The number of anilines is 1. The first kappa shape index (κ1) is 22.0. The number of carbonyl (C=O) groups excluding carboxylic acids is 1. The van der Waals surface area contributed by atoms with Gasteiger partial charge < -0.3 is 14.8 Å². The van der Waals surface area contributed by atoms with Gasteiger partial charge in [0.2, 0.25) is 5.91 Å². The fourth-order valence-electron chi connectivity index (χ4n) is 4.18. The molecule has 0 spiro atoms. The normalized spacial score (nSPS) is 15.7. The SMILES string of the molecule is C=CCn1c(SC(C)C(=O)Nc2ccc3c(c2)OCCO3)nc2sc3c(c2c1=O)CCCC3. The summed E-state index contributed by atoms with van der Waals surface area (Å²) in [6.07, 6.45) is 5.89. The van der Waals surface area contributed by atoms with Crippen LogP contribution in [0.3, 0.4) is 0 Å². The first-order valence-corrected chi connectivity index (χ1v) is 12.8. The number of fused-ring (bicyclic) bond motifs is 4. The number of carbonyl (C=O) groups is 1. The van der Waals surface area contributed by atoms with Gasteiger partial charge in [-0.05, 0) is 50.3 Å². The number of aryl methyl sites for hydroxylation is 2. The van der Waals surface area contributed by atoms with Crippen LogP contribution in [0, 0.1) is 0 Å². The number of nitrogens with one attached hydrogen (secondary N) is 1. The van der Waals surface area contributed by atoms with E-state index in [1.807, 2.05) is 6.92 Å². The van der Waals surface area contributed by atoms with Crippen molar-refractivity contribution in [3.63, 3.8) is 0 Å². The molecular formula is C24H25N3O4S2. The number of hydrogen-bond acceptors (Lipinski definition) is 7. The summed E-state index contributed by atoms with van der Waals surface area (Å²) in [7, 11) is 0. The highest BCUT2D eigenvalue weighted by atomic mass is 32.2. The van der Waals surface area contributed by atoms with Crippen molar-refractivity contribution in [3.8, 4) is 11.5 Å². The highest BCUT2D eigenvalue weighted by Gasteiger charge is 2.24. The Balaban J connectivity index is 1.40. The van der Waals surface area contributed by atoms with Gasteiger partial charge in [-0.1, -0.05) is 17.8 Å². The molecule has 1 unspecified atom stereocenters. The lowest BCUT2D eigenvalue weighted by atomic mass is 9.97. The third kappa shape index (κ3) is 4.27. The predicted octanol–water partition coefficient (Wildman–Crippen LogP) is 4.41. The summed E-state index contributed by atoms with van der Waals surface area (Å²) in [5.41, 5.74) is 1.76. The molecule has 1 aromatic carbocycles. The summed E-state index contributed by atoms with van der Waals surface area (Å²) in [6, 6.07) is 5.34. The fraction of sp³-hybridized carbons (Fsp3) is 0.375. The average molecular weight is 484 g/mol. The van der Waals surface area contributed by atoms with Gasteiger partial charge in [0.1, 0.15) is 18.0 Å². The Hall–Kier alpha value is -2.78. The summed E-state index contributed by atoms with van der Waals surface area (Å²) in [4.78, 5) is 33.2. The van der Waals surface area contributed by atoms with Crippen molar-refractivity contribution >= 4 is 44.9 Å². The van der Waals surface area contributed by atoms with Crippen molar-refractivity contribution in [2.75, 3.05) is 18.5 Å². The van der Waals surface area contributed by atoms with Crippen LogP contribution in [0.5, 0.6) is 11.5 Å². The zero-order valence-electron chi connectivity index (χ0n) is 18.4. The first-order valence-electron chi connectivity index (χ1n) is 11.1. The van der Waals surface area contributed by atoms with Crippen LogP contribution in [-0.2, 0) is 24.2 Å². The van der Waals surface area contributed by atoms with Crippen LogP contribution in [0.2, 0.25) is 0 Å². The molecule has 1 N–H and O–H groups in total. The van der Waals surface area contributed by atoms with Crippen LogP contribution < -0.4 is 20.3 Å². The van der Waals surface area contributed by atoms with Crippen LogP contribution in [0.4, 0.5) is 5.69 Å². The standard InChI is InChI=1S/C24H25N3O4S2/c1-3-10-27-23(29)20-16-6-4-5-7-19(16)33-22(20)26-24(27)32-14(2)21(28)25-15-8-9-17-18(13-15)31-12-11-30-17/h3,8-9,13-14H,1,4-7,10-12H2,2H3,(H,25,28). The summed E-state index contributed by atoms with van der Waals surface area (Å²) in [5, 5.41) is 3.74. The van der Waals surface area contributed by atoms with Gasteiger partial charge in [-0.3, -0.25) is 14.2 Å². The van der Waals surface area contributed by atoms with E-state index in [4.69, 9.17) is 14.5 Å². The molecule has 33 heavy (non-hydrogen) atoms. The minimum Gasteiger partial charge on any atom is -0.486 e. The smallest absolute Gasteiger partial charge is 0.263 e. The summed E-state index contributed by atoms with van der Waals surface area (Å²) in [5.74, 6) is 1.11. The minimum atomic E-state index is -0.465. The van der Waals surface area contributed by atoms with Crippen LogP contribution in [0.25, 0.3) is 10.2 Å². The highest BCUT2D eigenvalue weighted by Crippen LogP contribution is 2.36. The van der Waals surface area contributed by atoms with Crippen molar-refractivity contribution in [2.24, 2.45) is 0 Å². The molecule has 1 aliphatic heterocycles. The molecule has 2 aromatic heterocycles. The molecule has 3 heterocycles. The van der Waals surface area contributed by atoms with E-state index in [-0.39, 0.29) is 11.5 Å². The van der Waals surface area contributed by atoms with Gasteiger partial charge in [-0.15, -0.1) is 17.9 Å². The third-order valence-corrected chi connectivity index (χ3v) is 8.09. The Morgan fingerprint density at radius 3 is 2.91 bits per heavy atom. The van der Waals surface area contributed by atoms with Gasteiger partial charge in [-0.25, -0.2) is 4.98 Å². The molecule has 1 atom stereocenters. The van der Waals surface area contributed by atoms with E-state index < -0.39 is 5.25 Å². The lowest BCUT2D eigenvalue weighted by Crippen LogP contribution is -2.27. The van der Waals surface area contributed by atoms with Crippen molar-refractivity contribution in [2.45, 2.75) is 49.6 Å². The number of thiophene rings is 1. The number of nitrogens with zero attached hydrogens (tertiary/aromatic N) is 2. The number of benzene rings is 1. The number of ether oxygens (including phenoxy) is 2. The molecule has 3 aromatic rings. The number of hydrogen-bond donors (Lipinski definition) is 1. The van der Waals surface area contributed by atoms with Gasteiger partial charge in [0, 0.05) is 23.2 Å². The highest BCUT2D eigenvalue weighted by molar-refractivity contribution is 8.00. The predicted molar refractivity (Wildman–Crippen MR) is 132 cm³/mol. The maximum atomic E-state index is 13.4. The second-order valence-corrected chi connectivity index (χ2v) is 10.5. The molecule has 9 heteroatoms. The number of allylic oxidation sites excluding steroid dienone is 1. The Kier molecular flexibility index (Phi) is 6.16. The molecule has 0 radical (unpaired) electrons. The van der Waals surface area contributed by atoms with Crippen LogP contribution in [0.1, 0.15) is 30.2 Å². The topological polar surface area (TPSA) is 82.5 Å². The van der Waals surface area contributed by atoms with Crippen molar-refractivity contribution in [1.29, 1.82) is 0 Å². The first-order chi connectivity index (χ1) is 16.0. The lowest BCUT2D eigenvalue weighted by molar-refractivity contribution is -0.115. The maximum Gasteiger partial charge on any atom is 0.263 e. The molecular weight excluding hydrogens is 458 g/mol. The number of aromatic nitrogens is 2. The second-order valence-electron chi connectivity index (χ2n) is 8.10. The average Bonchev–Trinajstić information content (AvgIpc) is 3.20. The quantitative estimate of drug-likeness (QED) is 0.318. The van der Waals surface area contributed by atoms with Gasteiger partial charge in [0.25, 0.3) is 5.56 Å². The van der Waals surface area contributed by atoms with Gasteiger partial charge in [0.15, 0.2) is 16.7 Å². The second kappa shape index (κ2) is 9.23. The van der Waals surface area contributed by atoms with E-state index in [0.29, 0.717) is 42.1 Å². The zero-order chi connectivity index (χ0) is 22.9. The molecule has 172 valence electrons. The van der Waals surface area contributed by atoms with Crippen molar-refractivity contribution < 1.29 is 14.3 Å². The number of thioether (sulfide) groups is 1. The zero-order valence-corrected chi connectivity index (χ0v) is 20.0. The Bertz CT molecular complexity index is 1300. The van der Waals surface area contributed by atoms with E-state index in [1.165, 1.54) is 16.6 Å². The van der Waals surface area contributed by atoms with Gasteiger partial charge in [-0.2, -0.15) is 0 Å². The van der Waals surface area contributed by atoms with Crippen molar-refractivity contribution in [3.05, 3.63) is 51.6 Å². The minimum absolute atomic E-state index is 0.0405. The van der Waals surface area contributed by atoms with Crippen molar-refractivity contribution in [1.82, 2.24) is 9.55 Å². The maximum absolute atomic E-state index is 13.4. The Morgan fingerprint density at radius 1 is 1.30 bits per heavy atom. The Labute approximate surface area is 199 Å². The fourth-order valence-corrected chi connectivity index (χ4v) is 6.40. The number of amides is 1. The molecule has 0 saturated carbocycles. The molecule has 7 nitrogen and oxygen atoms in total. The van der Waals surface area contributed by atoms with E-state index in [0.717, 1.165) is 41.5 Å². The monoisotopic (exact) mass is 483 g/mol. The number of rotatable bonds is 6. The van der Waals surface area contributed by atoms with Gasteiger partial charge >= 0.3 is 0 Å². The molecule has 2 aliphatic rings. The van der Waals surface area contributed by atoms with Crippen LogP contribution in [-0.4, -0.2) is 33.9 Å². The van der Waals surface area contributed by atoms with Crippen LogP contribution >= 0.6 is 23.1 Å². The molecule has 0 bridgehead atoms. The molecule has 0 fully saturated rings. The summed E-state index contributed by atoms with van der Waals surface area (Å²) < 4.78 is 12.8. The summed E-state index contributed by atoms with van der Waals surface area (Å²) >= 11 is 2.90. The van der Waals surface area contributed by atoms with E-state index in [2.05, 4.69) is 11.9 Å². The lowest BCUT2D eigenvalue weighted by Gasteiger charge is -2.19. The Morgan fingerprint density at radius 2 is 2.09 bits per heavy atom. The third-order valence-electron chi connectivity index (χ3n) is 5.81. The van der Waals surface area contributed by atoms with Crippen LogP contribution in [0.15, 0.2) is 40.8 Å². The van der Waals surface area contributed by atoms with E-state index >= 15 is 0 Å². The molecule has 1 aliphatic carbocycles. The van der Waals surface area contributed by atoms with E-state index in [1.54, 1.807) is 40.2 Å². The van der Waals surface area contributed by atoms with Gasteiger partial charge in [0.05, 0.1) is 10.6 Å².